The standard InChI is InChI=1S/C20H12O5.C4H10O/c21-11-5-7-15-17(9-11)24-18-10-12(22)6-8-16(18)20(15)14-4-2-1-3-13(14)19(23)25-20;1-3-5-4-2/h1-10,21-22H;3-4H2,1-2H3. The third kappa shape index (κ3) is 3.06. The average Bonchev–Trinajstić information content (AvgIpc) is 3.02. The highest BCUT2D eigenvalue weighted by Gasteiger charge is 2.53. The zero-order valence-electron chi connectivity index (χ0n) is 16.7. The van der Waals surface area contributed by atoms with E-state index in [1.807, 2.05) is 26.0 Å². The molecule has 2 N–H and O–H groups in total. The van der Waals surface area contributed by atoms with E-state index in [0.717, 1.165) is 13.2 Å². The number of phenolic OH excluding ortho intramolecular Hbond substituents is 2. The molecule has 2 aliphatic heterocycles. The molecule has 3 aromatic carbocycles. The molecule has 0 atom stereocenters. The first-order valence-corrected chi connectivity index (χ1v) is 9.76. The molecular formula is C24H22O6. The van der Waals surface area contributed by atoms with Crippen LogP contribution in [0.4, 0.5) is 0 Å². The van der Waals surface area contributed by atoms with Gasteiger partial charge in [-0.2, -0.15) is 0 Å². The second-order valence-corrected chi connectivity index (χ2v) is 6.86. The largest absolute Gasteiger partial charge is 0.508 e. The molecule has 0 unspecified atom stereocenters. The molecular weight excluding hydrogens is 384 g/mol. The molecule has 1 spiro atoms. The maximum Gasteiger partial charge on any atom is 0.340 e. The van der Waals surface area contributed by atoms with Gasteiger partial charge in [-0.25, -0.2) is 4.79 Å². The molecule has 30 heavy (non-hydrogen) atoms. The second-order valence-electron chi connectivity index (χ2n) is 6.86. The Morgan fingerprint density at radius 1 is 0.833 bits per heavy atom. The van der Waals surface area contributed by atoms with E-state index >= 15 is 0 Å². The molecule has 0 bridgehead atoms. The van der Waals surface area contributed by atoms with Crippen LogP contribution in [0.25, 0.3) is 0 Å². The number of carbonyl (C=O) groups is 1. The third-order valence-corrected chi connectivity index (χ3v) is 5.09. The quantitative estimate of drug-likeness (QED) is 0.600. The highest BCUT2D eigenvalue weighted by Crippen LogP contribution is 2.56. The van der Waals surface area contributed by atoms with E-state index in [1.165, 1.54) is 24.3 Å². The summed E-state index contributed by atoms with van der Waals surface area (Å²) in [7, 11) is 0. The molecule has 154 valence electrons. The number of benzene rings is 3. The van der Waals surface area contributed by atoms with Crippen LogP contribution in [0.1, 0.15) is 40.9 Å². The number of esters is 1. The summed E-state index contributed by atoms with van der Waals surface area (Å²) >= 11 is 0. The molecule has 5 rings (SSSR count). The third-order valence-electron chi connectivity index (χ3n) is 5.09. The van der Waals surface area contributed by atoms with Crippen LogP contribution >= 0.6 is 0 Å². The Bertz CT molecular complexity index is 1050. The fraction of sp³-hybridized carbons (Fsp3) is 0.208. The Labute approximate surface area is 174 Å². The molecule has 3 aromatic rings. The van der Waals surface area contributed by atoms with E-state index < -0.39 is 11.6 Å². The predicted octanol–water partition coefficient (Wildman–Crippen LogP) is 4.71. The summed E-state index contributed by atoms with van der Waals surface area (Å²) in [6.45, 7) is 5.67. The maximum atomic E-state index is 12.5. The van der Waals surface area contributed by atoms with E-state index in [4.69, 9.17) is 14.2 Å². The van der Waals surface area contributed by atoms with Crippen LogP contribution in [-0.2, 0) is 15.1 Å². The van der Waals surface area contributed by atoms with E-state index in [-0.39, 0.29) is 11.5 Å². The zero-order valence-corrected chi connectivity index (χ0v) is 16.7. The van der Waals surface area contributed by atoms with Gasteiger partial charge in [0.05, 0.1) is 5.56 Å². The normalized spacial score (nSPS) is 14.5. The van der Waals surface area contributed by atoms with Crippen LogP contribution in [0.3, 0.4) is 0 Å². The molecule has 0 amide bonds. The van der Waals surface area contributed by atoms with Crippen LogP contribution < -0.4 is 4.74 Å². The summed E-state index contributed by atoms with van der Waals surface area (Å²) in [6.07, 6.45) is 0. The smallest absolute Gasteiger partial charge is 0.340 e. The van der Waals surface area contributed by atoms with Crippen molar-refractivity contribution in [3.8, 4) is 23.0 Å². The van der Waals surface area contributed by atoms with Crippen LogP contribution in [-0.4, -0.2) is 29.4 Å². The number of rotatable bonds is 2. The Balaban J connectivity index is 0.000000393. The van der Waals surface area contributed by atoms with Gasteiger partial charge in [-0.15, -0.1) is 0 Å². The van der Waals surface area contributed by atoms with Crippen molar-refractivity contribution in [2.75, 3.05) is 13.2 Å². The Morgan fingerprint density at radius 2 is 1.40 bits per heavy atom. The molecule has 0 saturated carbocycles. The monoisotopic (exact) mass is 406 g/mol. The van der Waals surface area contributed by atoms with Gasteiger partial charge in [0.15, 0.2) is 5.60 Å². The van der Waals surface area contributed by atoms with Crippen molar-refractivity contribution in [3.63, 3.8) is 0 Å². The number of aromatic hydroxyl groups is 2. The van der Waals surface area contributed by atoms with E-state index in [9.17, 15) is 15.0 Å². The summed E-state index contributed by atoms with van der Waals surface area (Å²) in [5, 5.41) is 19.7. The lowest BCUT2D eigenvalue weighted by Crippen LogP contribution is -2.32. The van der Waals surface area contributed by atoms with Gasteiger partial charge < -0.3 is 24.4 Å². The first kappa shape index (κ1) is 19.8. The van der Waals surface area contributed by atoms with Gasteiger partial charge in [0.1, 0.15) is 23.0 Å². The summed E-state index contributed by atoms with van der Waals surface area (Å²) in [4.78, 5) is 12.5. The summed E-state index contributed by atoms with van der Waals surface area (Å²) in [5.74, 6) is 0.408. The van der Waals surface area contributed by atoms with Gasteiger partial charge in [-0.3, -0.25) is 0 Å². The van der Waals surface area contributed by atoms with E-state index in [0.29, 0.717) is 33.8 Å². The van der Waals surface area contributed by atoms with Crippen molar-refractivity contribution < 1.29 is 29.2 Å². The molecule has 0 fully saturated rings. The van der Waals surface area contributed by atoms with Crippen LogP contribution in [0, 0.1) is 0 Å². The topological polar surface area (TPSA) is 85.2 Å². The molecule has 0 aliphatic carbocycles. The number of hydrogen-bond acceptors (Lipinski definition) is 6. The van der Waals surface area contributed by atoms with E-state index in [1.54, 1.807) is 24.3 Å². The van der Waals surface area contributed by atoms with Crippen molar-refractivity contribution in [2.45, 2.75) is 19.4 Å². The maximum absolute atomic E-state index is 12.5. The number of phenols is 2. The number of carbonyl (C=O) groups excluding carboxylic acids is 1. The minimum Gasteiger partial charge on any atom is -0.508 e. The van der Waals surface area contributed by atoms with Crippen LogP contribution in [0.2, 0.25) is 0 Å². The van der Waals surface area contributed by atoms with Gasteiger partial charge in [0.2, 0.25) is 0 Å². The second kappa shape index (κ2) is 7.72. The number of hydrogen-bond donors (Lipinski definition) is 2. The van der Waals surface area contributed by atoms with Crippen LogP contribution in [0.5, 0.6) is 23.0 Å². The molecule has 2 aliphatic rings. The lowest BCUT2D eigenvalue weighted by atomic mass is 9.77. The van der Waals surface area contributed by atoms with Gasteiger partial charge in [-0.1, -0.05) is 18.2 Å². The molecule has 0 saturated heterocycles. The molecule has 6 nitrogen and oxygen atoms in total. The Kier molecular flexibility index (Phi) is 5.10. The fourth-order valence-electron chi connectivity index (χ4n) is 3.86. The van der Waals surface area contributed by atoms with Gasteiger partial charge in [0, 0.05) is 42.0 Å². The Morgan fingerprint density at radius 3 is 1.93 bits per heavy atom. The van der Waals surface area contributed by atoms with Gasteiger partial charge in [0.25, 0.3) is 0 Å². The minimum atomic E-state index is -1.17. The first-order valence-electron chi connectivity index (χ1n) is 9.76. The van der Waals surface area contributed by atoms with Crippen molar-refractivity contribution in [3.05, 3.63) is 82.9 Å². The minimum absolute atomic E-state index is 0.0371. The van der Waals surface area contributed by atoms with Crippen LogP contribution in [0.15, 0.2) is 60.7 Å². The molecule has 0 aromatic heterocycles. The summed E-state index contributed by atoms with van der Waals surface area (Å²) in [5.41, 5.74) is 1.28. The fourth-order valence-corrected chi connectivity index (χ4v) is 3.86. The lowest BCUT2D eigenvalue weighted by Gasteiger charge is -2.36. The van der Waals surface area contributed by atoms with Crippen molar-refractivity contribution in [1.29, 1.82) is 0 Å². The first-order chi connectivity index (χ1) is 14.5. The SMILES string of the molecule is CCOCC.O=C1OC2(c3ccc(O)cc3Oc3cc(O)ccc32)c2ccccc21. The predicted molar refractivity (Wildman–Crippen MR) is 110 cm³/mol. The highest BCUT2D eigenvalue weighted by molar-refractivity contribution is 5.97. The van der Waals surface area contributed by atoms with E-state index in [2.05, 4.69) is 0 Å². The van der Waals surface area contributed by atoms with Gasteiger partial charge in [-0.05, 0) is 44.2 Å². The number of fused-ring (bicyclic) bond motifs is 6. The summed E-state index contributed by atoms with van der Waals surface area (Å²) in [6, 6.07) is 16.6. The van der Waals surface area contributed by atoms with Crippen molar-refractivity contribution in [2.24, 2.45) is 0 Å². The van der Waals surface area contributed by atoms with Crippen molar-refractivity contribution >= 4 is 5.97 Å². The summed E-state index contributed by atoms with van der Waals surface area (Å²) < 4.78 is 16.6. The molecule has 2 heterocycles. The van der Waals surface area contributed by atoms with Crippen molar-refractivity contribution in [1.82, 2.24) is 0 Å². The lowest BCUT2D eigenvalue weighted by molar-refractivity contribution is 0.0224. The Hall–Kier alpha value is -3.51. The zero-order chi connectivity index (χ0) is 21.3. The van der Waals surface area contributed by atoms with Gasteiger partial charge >= 0.3 is 5.97 Å². The number of ether oxygens (including phenoxy) is 3. The average molecular weight is 406 g/mol. The highest BCUT2D eigenvalue weighted by atomic mass is 16.6. The molecule has 0 radical (unpaired) electrons. The molecule has 6 heteroatoms.